The number of rotatable bonds is 5. The van der Waals surface area contributed by atoms with Gasteiger partial charge in [-0.05, 0) is 25.0 Å². The Hall–Kier alpha value is -3.10. The Bertz CT molecular complexity index is 1000. The largest absolute Gasteiger partial charge is 0.317 e. The second-order valence-corrected chi connectivity index (χ2v) is 6.09. The Morgan fingerprint density at radius 2 is 1.84 bits per heavy atom. The first-order valence-electron chi connectivity index (χ1n) is 7.83. The summed E-state index contributed by atoms with van der Waals surface area (Å²) in [6, 6.07) is 3.51. The van der Waals surface area contributed by atoms with Crippen LogP contribution in [0.25, 0.3) is 5.69 Å². The lowest BCUT2D eigenvalue weighted by Gasteiger charge is -2.15. The lowest BCUT2D eigenvalue weighted by molar-refractivity contribution is 0.326. The molecule has 25 heavy (non-hydrogen) atoms. The third kappa shape index (κ3) is 2.67. The summed E-state index contributed by atoms with van der Waals surface area (Å²) in [5.74, 6) is 0. The van der Waals surface area contributed by atoms with Crippen molar-refractivity contribution in [3.8, 4) is 5.69 Å². The summed E-state index contributed by atoms with van der Waals surface area (Å²) in [6.45, 7) is -0.481. The van der Waals surface area contributed by atoms with Crippen LogP contribution in [0.15, 0.2) is 52.7 Å². The van der Waals surface area contributed by atoms with E-state index >= 15 is 0 Å². The molecule has 0 atom stereocenters. The van der Waals surface area contributed by atoms with Crippen LogP contribution >= 0.6 is 0 Å². The molecule has 0 N–H and O–H groups in total. The second kappa shape index (κ2) is 5.76. The molecule has 128 valence electrons. The molecule has 1 saturated carbocycles. The zero-order valence-electron chi connectivity index (χ0n) is 13.2. The minimum atomic E-state index is -0.813. The van der Waals surface area contributed by atoms with Crippen LogP contribution < -0.4 is 11.1 Å². The zero-order chi connectivity index (χ0) is 17.4. The van der Waals surface area contributed by atoms with E-state index in [0.717, 1.165) is 0 Å². The highest BCUT2D eigenvalue weighted by Crippen LogP contribution is 2.42. The Morgan fingerprint density at radius 3 is 2.44 bits per heavy atom. The Balaban J connectivity index is 1.60. The Labute approximate surface area is 141 Å². The molecule has 0 aromatic carbocycles. The van der Waals surface area contributed by atoms with Crippen molar-refractivity contribution >= 4 is 0 Å². The van der Waals surface area contributed by atoms with E-state index in [1.54, 1.807) is 30.7 Å². The van der Waals surface area contributed by atoms with Crippen molar-refractivity contribution in [3.63, 3.8) is 0 Å². The first-order valence-corrected chi connectivity index (χ1v) is 7.83. The van der Waals surface area contributed by atoms with E-state index in [9.17, 15) is 14.0 Å². The van der Waals surface area contributed by atoms with Crippen LogP contribution in [-0.2, 0) is 12.1 Å². The SMILES string of the molecule is O=c1c(=O)n(C2(CF)CC2)ccn1Cc1ccc(-n2nccn2)cn1. The normalized spacial score (nSPS) is 15.2. The molecule has 0 saturated heterocycles. The monoisotopic (exact) mass is 342 g/mol. The number of hydrogen-bond donors (Lipinski definition) is 0. The van der Waals surface area contributed by atoms with Crippen LogP contribution in [0.4, 0.5) is 4.39 Å². The van der Waals surface area contributed by atoms with Gasteiger partial charge in [0, 0.05) is 12.4 Å². The predicted molar refractivity (Wildman–Crippen MR) is 86.4 cm³/mol. The smallest absolute Gasteiger partial charge is 0.303 e. The van der Waals surface area contributed by atoms with Crippen molar-refractivity contribution in [1.29, 1.82) is 0 Å². The van der Waals surface area contributed by atoms with Gasteiger partial charge in [0.1, 0.15) is 12.4 Å². The van der Waals surface area contributed by atoms with E-state index < -0.39 is 23.3 Å². The number of aromatic nitrogens is 6. The van der Waals surface area contributed by atoms with Crippen LogP contribution in [0.5, 0.6) is 0 Å². The van der Waals surface area contributed by atoms with Crippen LogP contribution in [0.2, 0.25) is 0 Å². The maximum Gasteiger partial charge on any atom is 0.317 e. The van der Waals surface area contributed by atoms with E-state index in [1.807, 2.05) is 0 Å². The van der Waals surface area contributed by atoms with Gasteiger partial charge < -0.3 is 9.13 Å². The molecule has 1 aliphatic carbocycles. The van der Waals surface area contributed by atoms with E-state index in [1.165, 1.54) is 26.3 Å². The van der Waals surface area contributed by atoms with Crippen LogP contribution in [0, 0.1) is 0 Å². The quantitative estimate of drug-likeness (QED) is 0.630. The van der Waals surface area contributed by atoms with E-state index in [2.05, 4.69) is 15.2 Å². The van der Waals surface area contributed by atoms with Crippen molar-refractivity contribution in [3.05, 3.63) is 69.5 Å². The van der Waals surface area contributed by atoms with Gasteiger partial charge in [0.05, 0.1) is 36.4 Å². The topological polar surface area (TPSA) is 87.6 Å². The molecule has 1 aliphatic rings. The Kier molecular flexibility index (Phi) is 3.56. The molecule has 0 radical (unpaired) electrons. The van der Waals surface area contributed by atoms with Gasteiger partial charge in [-0.25, -0.2) is 4.39 Å². The molecule has 0 unspecified atom stereocenters. The fourth-order valence-electron chi connectivity index (χ4n) is 2.74. The van der Waals surface area contributed by atoms with Crippen molar-refractivity contribution in [2.24, 2.45) is 0 Å². The summed E-state index contributed by atoms with van der Waals surface area (Å²) in [5, 5.41) is 8.02. The first kappa shape index (κ1) is 15.4. The predicted octanol–water partition coefficient (Wildman–Crippen LogP) is 0.493. The average molecular weight is 342 g/mol. The molecule has 3 aromatic heterocycles. The molecule has 0 aliphatic heterocycles. The van der Waals surface area contributed by atoms with Crippen LogP contribution in [0.1, 0.15) is 18.5 Å². The molecular weight excluding hydrogens is 327 g/mol. The summed E-state index contributed by atoms with van der Waals surface area (Å²) in [4.78, 5) is 30.2. The van der Waals surface area contributed by atoms with E-state index in [-0.39, 0.29) is 6.54 Å². The van der Waals surface area contributed by atoms with Crippen LogP contribution in [0.3, 0.4) is 0 Å². The molecule has 3 aromatic rings. The standard InChI is InChI=1S/C16H15FN6O2/c17-11-16(3-4-16)22-8-7-21(14(24)15(22)25)10-12-1-2-13(9-18-12)23-19-5-6-20-23/h1-2,5-9H,3-4,10-11H2. The highest BCUT2D eigenvalue weighted by atomic mass is 19.1. The number of halogens is 1. The van der Waals surface area contributed by atoms with Gasteiger partial charge in [-0.2, -0.15) is 15.0 Å². The van der Waals surface area contributed by atoms with Gasteiger partial charge >= 0.3 is 11.1 Å². The Morgan fingerprint density at radius 1 is 1.08 bits per heavy atom. The summed E-state index contributed by atoms with van der Waals surface area (Å²) >= 11 is 0. The van der Waals surface area contributed by atoms with Crippen molar-refractivity contribution < 1.29 is 4.39 Å². The summed E-state index contributed by atoms with van der Waals surface area (Å²) in [6.07, 6.45) is 8.86. The van der Waals surface area contributed by atoms with Gasteiger partial charge in [-0.15, -0.1) is 0 Å². The minimum absolute atomic E-state index is 0.157. The summed E-state index contributed by atoms with van der Waals surface area (Å²) in [7, 11) is 0. The maximum absolute atomic E-state index is 13.1. The fraction of sp³-hybridized carbons (Fsp3) is 0.312. The maximum atomic E-state index is 13.1. The molecule has 9 heteroatoms. The van der Waals surface area contributed by atoms with Crippen molar-refractivity contribution in [2.45, 2.75) is 24.9 Å². The van der Waals surface area contributed by atoms with Crippen LogP contribution in [-0.4, -0.2) is 35.8 Å². The molecule has 0 spiro atoms. The lowest BCUT2D eigenvalue weighted by atomic mass is 10.3. The molecule has 3 heterocycles. The molecule has 0 bridgehead atoms. The lowest BCUT2D eigenvalue weighted by Crippen LogP contribution is -2.45. The van der Waals surface area contributed by atoms with Gasteiger partial charge in [0.2, 0.25) is 0 Å². The average Bonchev–Trinajstić information content (AvgIpc) is 3.23. The minimum Gasteiger partial charge on any atom is -0.303 e. The molecule has 1 fully saturated rings. The number of hydrogen-bond acceptors (Lipinski definition) is 5. The highest BCUT2D eigenvalue weighted by molar-refractivity contribution is 5.26. The van der Waals surface area contributed by atoms with E-state index in [4.69, 9.17) is 0 Å². The third-order valence-electron chi connectivity index (χ3n) is 4.44. The number of alkyl halides is 1. The zero-order valence-corrected chi connectivity index (χ0v) is 13.2. The first-order chi connectivity index (χ1) is 12.1. The molecular formula is C16H15FN6O2. The van der Waals surface area contributed by atoms with E-state index in [0.29, 0.717) is 24.2 Å². The third-order valence-corrected chi connectivity index (χ3v) is 4.44. The fourth-order valence-corrected chi connectivity index (χ4v) is 2.74. The molecule has 0 amide bonds. The van der Waals surface area contributed by atoms with Gasteiger partial charge in [-0.3, -0.25) is 14.6 Å². The molecule has 8 nitrogen and oxygen atoms in total. The molecule has 4 rings (SSSR count). The number of pyridine rings is 1. The van der Waals surface area contributed by atoms with Gasteiger partial charge in [-0.1, -0.05) is 0 Å². The summed E-state index contributed by atoms with van der Waals surface area (Å²) < 4.78 is 15.6. The highest BCUT2D eigenvalue weighted by Gasteiger charge is 2.45. The second-order valence-electron chi connectivity index (χ2n) is 6.09. The van der Waals surface area contributed by atoms with Crippen molar-refractivity contribution in [2.75, 3.05) is 6.67 Å². The summed E-state index contributed by atoms with van der Waals surface area (Å²) in [5.41, 5.74) is -0.889. The number of nitrogens with zero attached hydrogens (tertiary/aromatic N) is 6. The van der Waals surface area contributed by atoms with Crippen molar-refractivity contribution in [1.82, 2.24) is 29.1 Å². The van der Waals surface area contributed by atoms with Gasteiger partial charge in [0.25, 0.3) is 0 Å². The van der Waals surface area contributed by atoms with Gasteiger partial charge in [0.15, 0.2) is 0 Å².